The molecule has 0 aliphatic carbocycles. The molecule has 0 aromatic heterocycles. The molecule has 2 rings (SSSR count). The van der Waals surface area contributed by atoms with Crippen LogP contribution in [0.15, 0.2) is 24.3 Å². The van der Waals surface area contributed by atoms with E-state index >= 15 is 0 Å². The highest BCUT2D eigenvalue weighted by molar-refractivity contribution is 5.81. The number of hydrogen-bond acceptors (Lipinski definition) is 2. The standard InChI is InChI=1S/C16H19F3N2O2/c17-16(18,19)12-6-4-11(5-7-12)9-15(23)21-8-2-1-3-13(21)10-14(20)22/h4-7,13H,1-3,8-10H2,(H2,20,22). The molecule has 1 heterocycles. The normalized spacial score (nSPS) is 18.7. The second-order valence-electron chi connectivity index (χ2n) is 5.78. The second-order valence-corrected chi connectivity index (χ2v) is 5.78. The lowest BCUT2D eigenvalue weighted by molar-refractivity contribution is -0.137. The number of benzene rings is 1. The number of likely N-dealkylation sites (tertiary alicyclic amines) is 1. The first-order valence-corrected chi connectivity index (χ1v) is 7.51. The largest absolute Gasteiger partial charge is 0.416 e. The molecule has 1 aliphatic rings. The lowest BCUT2D eigenvalue weighted by atomic mass is 9.98. The summed E-state index contributed by atoms with van der Waals surface area (Å²) >= 11 is 0. The molecule has 2 amide bonds. The smallest absolute Gasteiger partial charge is 0.370 e. The van der Waals surface area contributed by atoms with E-state index in [0.717, 1.165) is 31.4 Å². The van der Waals surface area contributed by atoms with Gasteiger partial charge < -0.3 is 10.6 Å². The van der Waals surface area contributed by atoms with Crippen molar-refractivity contribution in [3.8, 4) is 0 Å². The molecule has 126 valence electrons. The second kappa shape index (κ2) is 7.02. The molecule has 1 atom stereocenters. The number of alkyl halides is 3. The van der Waals surface area contributed by atoms with Gasteiger partial charge in [0.25, 0.3) is 0 Å². The predicted octanol–water partition coefficient (Wildman–Crippen LogP) is 2.50. The Hall–Kier alpha value is -2.05. The average molecular weight is 328 g/mol. The first-order chi connectivity index (χ1) is 10.8. The van der Waals surface area contributed by atoms with Gasteiger partial charge in [-0.25, -0.2) is 0 Å². The molecule has 1 saturated heterocycles. The molecule has 1 aromatic carbocycles. The van der Waals surface area contributed by atoms with E-state index in [0.29, 0.717) is 12.1 Å². The Morgan fingerprint density at radius 2 is 1.83 bits per heavy atom. The Morgan fingerprint density at radius 3 is 2.39 bits per heavy atom. The van der Waals surface area contributed by atoms with E-state index in [2.05, 4.69) is 0 Å². The maximum absolute atomic E-state index is 12.5. The Kier molecular flexibility index (Phi) is 5.28. The summed E-state index contributed by atoms with van der Waals surface area (Å²) in [6.45, 7) is 0.553. The summed E-state index contributed by atoms with van der Waals surface area (Å²) in [5, 5.41) is 0. The van der Waals surface area contributed by atoms with E-state index in [-0.39, 0.29) is 24.8 Å². The van der Waals surface area contributed by atoms with Gasteiger partial charge in [-0.15, -0.1) is 0 Å². The third-order valence-corrected chi connectivity index (χ3v) is 4.02. The van der Waals surface area contributed by atoms with Gasteiger partial charge in [-0.1, -0.05) is 12.1 Å². The fourth-order valence-electron chi connectivity index (χ4n) is 2.86. The maximum Gasteiger partial charge on any atom is 0.416 e. The van der Waals surface area contributed by atoms with Crippen LogP contribution >= 0.6 is 0 Å². The zero-order chi connectivity index (χ0) is 17.0. The van der Waals surface area contributed by atoms with Crippen LogP contribution in [0.3, 0.4) is 0 Å². The van der Waals surface area contributed by atoms with Gasteiger partial charge in [-0.3, -0.25) is 9.59 Å². The molecule has 0 spiro atoms. The molecule has 7 heteroatoms. The highest BCUT2D eigenvalue weighted by Crippen LogP contribution is 2.29. The van der Waals surface area contributed by atoms with Gasteiger partial charge in [-0.05, 0) is 37.0 Å². The van der Waals surface area contributed by atoms with E-state index in [9.17, 15) is 22.8 Å². The van der Waals surface area contributed by atoms with Crippen LogP contribution in [0.1, 0.15) is 36.8 Å². The van der Waals surface area contributed by atoms with Crippen molar-refractivity contribution in [3.05, 3.63) is 35.4 Å². The van der Waals surface area contributed by atoms with Gasteiger partial charge in [0, 0.05) is 19.0 Å². The van der Waals surface area contributed by atoms with Gasteiger partial charge >= 0.3 is 6.18 Å². The molecule has 0 radical (unpaired) electrons. The number of nitrogens with zero attached hydrogens (tertiary/aromatic N) is 1. The summed E-state index contributed by atoms with van der Waals surface area (Å²) < 4.78 is 37.6. The number of primary amides is 1. The highest BCUT2D eigenvalue weighted by Gasteiger charge is 2.31. The summed E-state index contributed by atoms with van der Waals surface area (Å²) in [5.74, 6) is -0.639. The van der Waals surface area contributed by atoms with E-state index < -0.39 is 17.6 Å². The lowest BCUT2D eigenvalue weighted by Gasteiger charge is -2.35. The SMILES string of the molecule is NC(=O)CC1CCCCN1C(=O)Cc1ccc(C(F)(F)F)cc1. The minimum absolute atomic E-state index is 0.0212. The van der Waals surface area contributed by atoms with E-state index in [1.165, 1.54) is 12.1 Å². The van der Waals surface area contributed by atoms with Gasteiger partial charge in [0.05, 0.1) is 12.0 Å². The number of piperidine rings is 1. The molecular weight excluding hydrogens is 309 g/mol. The minimum Gasteiger partial charge on any atom is -0.370 e. The van der Waals surface area contributed by atoms with Crippen LogP contribution in [-0.2, 0) is 22.2 Å². The van der Waals surface area contributed by atoms with Crippen molar-refractivity contribution in [2.75, 3.05) is 6.54 Å². The third kappa shape index (κ3) is 4.71. The van der Waals surface area contributed by atoms with Crippen LogP contribution in [-0.4, -0.2) is 29.3 Å². The van der Waals surface area contributed by atoms with Crippen molar-refractivity contribution in [2.45, 2.75) is 44.3 Å². The van der Waals surface area contributed by atoms with Gasteiger partial charge in [0.15, 0.2) is 0 Å². The Balaban J connectivity index is 2.03. The summed E-state index contributed by atoms with van der Waals surface area (Å²) in [6, 6.07) is 4.37. The lowest BCUT2D eigenvalue weighted by Crippen LogP contribution is -2.46. The van der Waals surface area contributed by atoms with E-state index in [1.807, 2.05) is 0 Å². The van der Waals surface area contributed by atoms with Crippen LogP contribution in [0.4, 0.5) is 13.2 Å². The van der Waals surface area contributed by atoms with Crippen molar-refractivity contribution >= 4 is 11.8 Å². The Bertz CT molecular complexity index is 570. The zero-order valence-corrected chi connectivity index (χ0v) is 12.6. The van der Waals surface area contributed by atoms with Crippen LogP contribution in [0.5, 0.6) is 0 Å². The van der Waals surface area contributed by atoms with Crippen molar-refractivity contribution in [1.29, 1.82) is 0 Å². The number of rotatable bonds is 4. The molecule has 1 aromatic rings. The van der Waals surface area contributed by atoms with E-state index in [4.69, 9.17) is 5.73 Å². The summed E-state index contributed by atoms with van der Waals surface area (Å²) in [6.07, 6.45) is -1.73. The molecule has 1 aliphatic heterocycles. The summed E-state index contributed by atoms with van der Waals surface area (Å²) in [7, 11) is 0. The molecule has 0 bridgehead atoms. The van der Waals surface area contributed by atoms with Crippen LogP contribution < -0.4 is 5.73 Å². The maximum atomic E-state index is 12.5. The number of carbonyl (C=O) groups excluding carboxylic acids is 2. The van der Waals surface area contributed by atoms with Gasteiger partial charge in [-0.2, -0.15) is 13.2 Å². The van der Waals surface area contributed by atoms with Crippen molar-refractivity contribution in [1.82, 2.24) is 4.90 Å². The number of nitrogens with two attached hydrogens (primary N) is 1. The van der Waals surface area contributed by atoms with Crippen molar-refractivity contribution in [3.63, 3.8) is 0 Å². The van der Waals surface area contributed by atoms with Crippen molar-refractivity contribution < 1.29 is 22.8 Å². The monoisotopic (exact) mass is 328 g/mol. The molecule has 1 unspecified atom stereocenters. The molecule has 0 saturated carbocycles. The number of halogens is 3. The number of hydrogen-bond donors (Lipinski definition) is 1. The van der Waals surface area contributed by atoms with Crippen LogP contribution in [0, 0.1) is 0 Å². The Labute approximate surface area is 132 Å². The Morgan fingerprint density at radius 1 is 1.17 bits per heavy atom. The number of carbonyl (C=O) groups is 2. The molecular formula is C16H19F3N2O2. The molecule has 4 nitrogen and oxygen atoms in total. The fraction of sp³-hybridized carbons (Fsp3) is 0.500. The summed E-state index contributed by atoms with van der Waals surface area (Å²) in [4.78, 5) is 25.1. The first-order valence-electron chi connectivity index (χ1n) is 7.51. The molecule has 2 N–H and O–H groups in total. The quantitative estimate of drug-likeness (QED) is 0.923. The van der Waals surface area contributed by atoms with Gasteiger partial charge in [0.1, 0.15) is 0 Å². The fourth-order valence-corrected chi connectivity index (χ4v) is 2.86. The van der Waals surface area contributed by atoms with Gasteiger partial charge in [0.2, 0.25) is 11.8 Å². The van der Waals surface area contributed by atoms with Crippen LogP contribution in [0.2, 0.25) is 0 Å². The summed E-state index contributed by atoms with van der Waals surface area (Å²) in [5.41, 5.74) is 4.99. The average Bonchev–Trinajstić information content (AvgIpc) is 2.46. The van der Waals surface area contributed by atoms with Crippen molar-refractivity contribution in [2.24, 2.45) is 5.73 Å². The predicted molar refractivity (Wildman–Crippen MR) is 78.3 cm³/mol. The zero-order valence-electron chi connectivity index (χ0n) is 12.6. The molecule has 1 fully saturated rings. The number of amides is 2. The minimum atomic E-state index is -4.39. The molecule has 23 heavy (non-hydrogen) atoms. The highest BCUT2D eigenvalue weighted by atomic mass is 19.4. The topological polar surface area (TPSA) is 63.4 Å². The third-order valence-electron chi connectivity index (χ3n) is 4.02. The first kappa shape index (κ1) is 17.3. The van der Waals surface area contributed by atoms with Crippen LogP contribution in [0.25, 0.3) is 0 Å². The van der Waals surface area contributed by atoms with E-state index in [1.54, 1.807) is 4.90 Å².